The molecule has 2 aromatic rings. The van der Waals surface area contributed by atoms with Crippen molar-refractivity contribution in [2.75, 3.05) is 5.32 Å². The molecule has 0 radical (unpaired) electrons. The molecule has 0 aromatic heterocycles. The number of carbonyl (C=O) groups is 1. The minimum atomic E-state index is -1.05. The molecule has 0 saturated heterocycles. The molecule has 0 saturated carbocycles. The van der Waals surface area contributed by atoms with Gasteiger partial charge in [-0.2, -0.15) is 0 Å². The number of nitrogens with one attached hydrogen (secondary N) is 1. The van der Waals surface area contributed by atoms with E-state index >= 15 is 0 Å². The van der Waals surface area contributed by atoms with Crippen LogP contribution in [0.3, 0.4) is 0 Å². The molecule has 0 heterocycles. The van der Waals surface area contributed by atoms with Crippen molar-refractivity contribution in [3.63, 3.8) is 0 Å². The third-order valence-electron chi connectivity index (χ3n) is 2.50. The fourth-order valence-electron chi connectivity index (χ4n) is 1.75. The summed E-state index contributed by atoms with van der Waals surface area (Å²) in [6, 6.07) is 15.4. The van der Waals surface area contributed by atoms with Crippen LogP contribution < -0.4 is 5.32 Å². The third-order valence-corrected chi connectivity index (χ3v) is 2.50. The van der Waals surface area contributed by atoms with Gasteiger partial charge in [-0.25, -0.2) is 4.79 Å². The van der Waals surface area contributed by atoms with Crippen LogP contribution in [0.1, 0.15) is 5.56 Å². The van der Waals surface area contributed by atoms with E-state index in [2.05, 4.69) is 5.32 Å². The van der Waals surface area contributed by atoms with E-state index in [1.54, 1.807) is 0 Å². The zero-order valence-electron chi connectivity index (χ0n) is 9.47. The second-order valence-electron chi connectivity index (χ2n) is 3.85. The second kappa shape index (κ2) is 4.70. The molecular formula is C14H13NO2. The summed E-state index contributed by atoms with van der Waals surface area (Å²) >= 11 is 0. The Balaban J connectivity index is 2.50. The van der Waals surface area contributed by atoms with E-state index < -0.39 is 6.09 Å². The number of hydrogen-bond acceptors (Lipinski definition) is 1. The van der Waals surface area contributed by atoms with Crippen molar-refractivity contribution < 1.29 is 9.90 Å². The molecule has 17 heavy (non-hydrogen) atoms. The van der Waals surface area contributed by atoms with E-state index in [4.69, 9.17) is 5.11 Å². The first-order valence-electron chi connectivity index (χ1n) is 5.33. The third kappa shape index (κ3) is 2.64. The normalized spacial score (nSPS) is 9.94. The maximum atomic E-state index is 10.8. The molecule has 0 spiro atoms. The lowest BCUT2D eigenvalue weighted by atomic mass is 10.0. The van der Waals surface area contributed by atoms with Crippen LogP contribution in [0.5, 0.6) is 0 Å². The lowest BCUT2D eigenvalue weighted by Crippen LogP contribution is -2.08. The summed E-state index contributed by atoms with van der Waals surface area (Å²) in [6.45, 7) is 1.93. The molecule has 1 amide bonds. The van der Waals surface area contributed by atoms with Crippen LogP contribution in [0.2, 0.25) is 0 Å². The molecule has 2 rings (SSSR count). The number of rotatable bonds is 2. The van der Waals surface area contributed by atoms with Crippen LogP contribution in [0, 0.1) is 6.92 Å². The maximum absolute atomic E-state index is 10.8. The van der Waals surface area contributed by atoms with Crippen molar-refractivity contribution in [3.05, 3.63) is 54.1 Å². The summed E-state index contributed by atoms with van der Waals surface area (Å²) < 4.78 is 0. The van der Waals surface area contributed by atoms with Gasteiger partial charge in [0.1, 0.15) is 0 Å². The van der Waals surface area contributed by atoms with E-state index in [1.165, 1.54) is 0 Å². The average Bonchev–Trinajstić information content (AvgIpc) is 2.29. The molecule has 3 heteroatoms. The molecule has 0 fully saturated rings. The molecule has 0 atom stereocenters. The van der Waals surface area contributed by atoms with Gasteiger partial charge in [-0.3, -0.25) is 5.32 Å². The Morgan fingerprint density at radius 3 is 2.47 bits per heavy atom. The Bertz CT molecular complexity index is 535. The van der Waals surface area contributed by atoms with Gasteiger partial charge in [0.15, 0.2) is 0 Å². The zero-order valence-corrected chi connectivity index (χ0v) is 9.47. The van der Waals surface area contributed by atoms with Crippen molar-refractivity contribution in [1.29, 1.82) is 0 Å². The summed E-state index contributed by atoms with van der Waals surface area (Å²) in [7, 11) is 0. The first-order chi connectivity index (χ1) is 8.16. The molecule has 3 nitrogen and oxygen atoms in total. The Morgan fingerprint density at radius 1 is 1.12 bits per heavy atom. The Hall–Kier alpha value is -2.29. The van der Waals surface area contributed by atoms with Crippen LogP contribution in [0.25, 0.3) is 11.1 Å². The Kier molecular flexibility index (Phi) is 3.10. The monoisotopic (exact) mass is 227 g/mol. The van der Waals surface area contributed by atoms with Crippen molar-refractivity contribution in [2.24, 2.45) is 0 Å². The van der Waals surface area contributed by atoms with E-state index in [9.17, 15) is 4.79 Å². The van der Waals surface area contributed by atoms with Crippen molar-refractivity contribution in [1.82, 2.24) is 0 Å². The van der Waals surface area contributed by atoms with Crippen molar-refractivity contribution in [2.45, 2.75) is 6.92 Å². The molecular weight excluding hydrogens is 214 g/mol. The first kappa shape index (κ1) is 11.2. The lowest BCUT2D eigenvalue weighted by Gasteiger charge is -2.10. The minimum absolute atomic E-state index is 0.615. The fourth-order valence-corrected chi connectivity index (χ4v) is 1.75. The van der Waals surface area contributed by atoms with Crippen LogP contribution in [0.15, 0.2) is 48.5 Å². The van der Waals surface area contributed by atoms with Gasteiger partial charge in [-0.15, -0.1) is 0 Å². The van der Waals surface area contributed by atoms with Gasteiger partial charge in [0, 0.05) is 5.56 Å². The maximum Gasteiger partial charge on any atom is 0.409 e. The van der Waals surface area contributed by atoms with Crippen molar-refractivity contribution in [3.8, 4) is 11.1 Å². The highest BCUT2D eigenvalue weighted by molar-refractivity contribution is 5.90. The number of carboxylic acid groups (broad SMARTS) is 1. The summed E-state index contributed by atoms with van der Waals surface area (Å²) in [5.41, 5.74) is 3.52. The minimum Gasteiger partial charge on any atom is -0.465 e. The number of benzene rings is 2. The molecule has 0 aliphatic carbocycles. The molecule has 2 aromatic carbocycles. The van der Waals surface area contributed by atoms with Crippen molar-refractivity contribution >= 4 is 11.8 Å². The number of hydrogen-bond donors (Lipinski definition) is 2. The molecule has 0 aliphatic rings. The predicted molar refractivity (Wildman–Crippen MR) is 68.3 cm³/mol. The SMILES string of the molecule is Cc1ccc(-c2ccccc2)c(NC(=O)O)c1. The van der Waals surface area contributed by atoms with Gasteiger partial charge in [-0.05, 0) is 24.1 Å². The van der Waals surface area contributed by atoms with Gasteiger partial charge < -0.3 is 5.11 Å². The first-order valence-corrected chi connectivity index (χ1v) is 5.33. The van der Waals surface area contributed by atoms with Crippen LogP contribution in [-0.2, 0) is 0 Å². The van der Waals surface area contributed by atoms with E-state index in [0.717, 1.165) is 16.7 Å². The summed E-state index contributed by atoms with van der Waals surface area (Å²) in [4.78, 5) is 10.8. The quantitative estimate of drug-likeness (QED) is 0.820. The zero-order chi connectivity index (χ0) is 12.3. The summed E-state index contributed by atoms with van der Waals surface area (Å²) in [5.74, 6) is 0. The number of aryl methyl sites for hydroxylation is 1. The summed E-state index contributed by atoms with van der Waals surface area (Å²) in [6.07, 6.45) is -1.05. The highest BCUT2D eigenvalue weighted by atomic mass is 16.4. The fraction of sp³-hybridized carbons (Fsp3) is 0.0714. The second-order valence-corrected chi connectivity index (χ2v) is 3.85. The molecule has 0 bridgehead atoms. The number of amides is 1. The van der Waals surface area contributed by atoms with Gasteiger partial charge in [-0.1, -0.05) is 42.5 Å². The highest BCUT2D eigenvalue weighted by Crippen LogP contribution is 2.28. The lowest BCUT2D eigenvalue weighted by molar-refractivity contribution is 0.210. The number of anilines is 1. The molecule has 2 N–H and O–H groups in total. The average molecular weight is 227 g/mol. The van der Waals surface area contributed by atoms with Gasteiger partial charge in [0.05, 0.1) is 5.69 Å². The smallest absolute Gasteiger partial charge is 0.409 e. The Labute approximate surface area is 99.7 Å². The largest absolute Gasteiger partial charge is 0.465 e. The predicted octanol–water partition coefficient (Wildman–Crippen LogP) is 3.75. The van der Waals surface area contributed by atoms with Crippen LogP contribution >= 0.6 is 0 Å². The topological polar surface area (TPSA) is 49.3 Å². The standard InChI is InChI=1S/C14H13NO2/c1-10-7-8-12(11-5-3-2-4-6-11)13(9-10)15-14(16)17/h2-9,15H,1H3,(H,16,17). The molecule has 0 aliphatic heterocycles. The van der Waals surface area contributed by atoms with Gasteiger partial charge in [0.25, 0.3) is 0 Å². The van der Waals surface area contributed by atoms with Crippen LogP contribution in [-0.4, -0.2) is 11.2 Å². The highest BCUT2D eigenvalue weighted by Gasteiger charge is 2.07. The Morgan fingerprint density at radius 2 is 1.82 bits per heavy atom. The molecule has 0 unspecified atom stereocenters. The molecule has 86 valence electrons. The van der Waals surface area contributed by atoms with Crippen LogP contribution in [0.4, 0.5) is 10.5 Å². The van der Waals surface area contributed by atoms with Gasteiger partial charge in [0.2, 0.25) is 0 Å². The summed E-state index contributed by atoms with van der Waals surface area (Å²) in [5, 5.41) is 11.2. The van der Waals surface area contributed by atoms with Gasteiger partial charge >= 0.3 is 6.09 Å². The van der Waals surface area contributed by atoms with E-state index in [-0.39, 0.29) is 0 Å². The van der Waals surface area contributed by atoms with E-state index in [0.29, 0.717) is 5.69 Å². The van der Waals surface area contributed by atoms with E-state index in [1.807, 2.05) is 55.5 Å².